The van der Waals surface area contributed by atoms with Crippen LogP contribution in [0, 0.1) is 0 Å². The lowest BCUT2D eigenvalue weighted by atomic mass is 10.1. The molecule has 28 heavy (non-hydrogen) atoms. The van der Waals surface area contributed by atoms with Gasteiger partial charge in [0.25, 0.3) is 0 Å². The number of rotatable bonds is 9. The molecule has 2 aromatic carbocycles. The lowest BCUT2D eigenvalue weighted by Crippen LogP contribution is -2.11. The smallest absolute Gasteiger partial charge is 0.309 e. The standard InChI is InChI=1S/C22H24ClN3O2/c1-2-3-13-24-18-11-9-17(10-12-18)22-25-21(23)19(14-20(27)28)26(22)15-16-7-5-4-6-8-16/h4-12,24H,2-3,13-15H2,1H3,(H,27,28). The summed E-state index contributed by atoms with van der Waals surface area (Å²) in [4.78, 5) is 15.8. The number of imidazole rings is 1. The maximum atomic E-state index is 11.3. The summed E-state index contributed by atoms with van der Waals surface area (Å²) < 4.78 is 1.89. The van der Waals surface area contributed by atoms with E-state index in [-0.39, 0.29) is 11.6 Å². The molecule has 0 aliphatic carbocycles. The van der Waals surface area contributed by atoms with Gasteiger partial charge in [0.1, 0.15) is 5.82 Å². The van der Waals surface area contributed by atoms with Crippen LogP contribution in [0.25, 0.3) is 11.4 Å². The van der Waals surface area contributed by atoms with Crippen molar-refractivity contribution in [3.8, 4) is 11.4 Å². The Kier molecular flexibility index (Phi) is 6.71. The van der Waals surface area contributed by atoms with Crippen LogP contribution in [0.5, 0.6) is 0 Å². The molecule has 3 rings (SSSR count). The number of aliphatic carboxylic acids is 1. The molecule has 0 amide bonds. The first-order chi connectivity index (χ1) is 13.6. The molecule has 1 aromatic heterocycles. The Morgan fingerprint density at radius 2 is 1.86 bits per heavy atom. The van der Waals surface area contributed by atoms with Gasteiger partial charge in [0.2, 0.25) is 0 Å². The van der Waals surface area contributed by atoms with Gasteiger partial charge in [-0.15, -0.1) is 0 Å². The number of aromatic nitrogens is 2. The van der Waals surface area contributed by atoms with Gasteiger partial charge in [-0.25, -0.2) is 4.98 Å². The Labute approximate surface area is 170 Å². The van der Waals surface area contributed by atoms with Gasteiger partial charge in [-0.3, -0.25) is 4.79 Å². The third-order valence-corrected chi connectivity index (χ3v) is 4.83. The maximum absolute atomic E-state index is 11.3. The van der Waals surface area contributed by atoms with Crippen molar-refractivity contribution >= 4 is 23.3 Å². The van der Waals surface area contributed by atoms with E-state index in [2.05, 4.69) is 17.2 Å². The van der Waals surface area contributed by atoms with Crippen LogP contribution in [0.1, 0.15) is 31.0 Å². The number of anilines is 1. The third-order valence-electron chi connectivity index (χ3n) is 4.53. The number of carbonyl (C=O) groups is 1. The Bertz CT molecular complexity index is 921. The Morgan fingerprint density at radius 1 is 1.14 bits per heavy atom. The van der Waals surface area contributed by atoms with Gasteiger partial charge < -0.3 is 15.0 Å². The molecule has 0 fully saturated rings. The molecule has 0 aliphatic rings. The molecular weight excluding hydrogens is 374 g/mol. The van der Waals surface area contributed by atoms with Gasteiger partial charge in [0.15, 0.2) is 5.15 Å². The lowest BCUT2D eigenvalue weighted by molar-refractivity contribution is -0.136. The highest BCUT2D eigenvalue weighted by molar-refractivity contribution is 6.30. The molecule has 2 N–H and O–H groups in total. The number of carboxylic acid groups (broad SMARTS) is 1. The highest BCUT2D eigenvalue weighted by Crippen LogP contribution is 2.28. The summed E-state index contributed by atoms with van der Waals surface area (Å²) in [7, 11) is 0. The SMILES string of the molecule is CCCCNc1ccc(-c2nc(Cl)c(CC(=O)O)n2Cc2ccccc2)cc1. The van der Waals surface area contributed by atoms with Crippen LogP contribution in [-0.2, 0) is 17.8 Å². The highest BCUT2D eigenvalue weighted by Gasteiger charge is 2.19. The number of unbranched alkanes of at least 4 members (excludes halogenated alkanes) is 1. The van der Waals surface area contributed by atoms with Crippen molar-refractivity contribution in [1.82, 2.24) is 9.55 Å². The van der Waals surface area contributed by atoms with E-state index in [1.807, 2.05) is 59.2 Å². The zero-order valence-electron chi connectivity index (χ0n) is 15.9. The van der Waals surface area contributed by atoms with Gasteiger partial charge in [-0.1, -0.05) is 55.3 Å². The summed E-state index contributed by atoms with van der Waals surface area (Å²) in [5, 5.41) is 12.9. The summed E-state index contributed by atoms with van der Waals surface area (Å²) in [5.41, 5.74) is 3.52. The minimum Gasteiger partial charge on any atom is -0.481 e. The summed E-state index contributed by atoms with van der Waals surface area (Å²) in [6.45, 7) is 3.61. The molecule has 6 heteroatoms. The number of benzene rings is 2. The fraction of sp³-hybridized carbons (Fsp3) is 0.273. The van der Waals surface area contributed by atoms with E-state index < -0.39 is 5.97 Å². The second-order valence-corrected chi connectivity index (χ2v) is 7.03. The Hall–Kier alpha value is -2.79. The predicted molar refractivity (Wildman–Crippen MR) is 113 cm³/mol. The first-order valence-electron chi connectivity index (χ1n) is 9.43. The molecular formula is C22H24ClN3O2. The van der Waals surface area contributed by atoms with Crippen LogP contribution in [0.2, 0.25) is 5.15 Å². The van der Waals surface area contributed by atoms with Crippen molar-refractivity contribution in [2.24, 2.45) is 0 Å². The quantitative estimate of drug-likeness (QED) is 0.493. The van der Waals surface area contributed by atoms with Crippen molar-refractivity contribution < 1.29 is 9.90 Å². The average molecular weight is 398 g/mol. The molecule has 0 saturated heterocycles. The van der Waals surface area contributed by atoms with Crippen LogP contribution in [0.3, 0.4) is 0 Å². The van der Waals surface area contributed by atoms with Crippen molar-refractivity contribution in [3.63, 3.8) is 0 Å². The van der Waals surface area contributed by atoms with Gasteiger partial charge in [0, 0.05) is 24.3 Å². The lowest BCUT2D eigenvalue weighted by Gasteiger charge is -2.12. The molecule has 0 bridgehead atoms. The monoisotopic (exact) mass is 397 g/mol. The highest BCUT2D eigenvalue weighted by atomic mass is 35.5. The summed E-state index contributed by atoms with van der Waals surface area (Å²) in [6.07, 6.45) is 2.10. The second kappa shape index (κ2) is 9.42. The second-order valence-electron chi connectivity index (χ2n) is 6.67. The van der Waals surface area contributed by atoms with Crippen LogP contribution in [0.4, 0.5) is 5.69 Å². The van der Waals surface area contributed by atoms with E-state index in [1.54, 1.807) is 0 Å². The van der Waals surface area contributed by atoms with Crippen molar-refractivity contribution in [1.29, 1.82) is 0 Å². The predicted octanol–water partition coefficient (Wildman–Crippen LogP) is 5.09. The molecule has 0 aliphatic heterocycles. The van der Waals surface area contributed by atoms with Gasteiger partial charge in [-0.2, -0.15) is 0 Å². The van der Waals surface area contributed by atoms with Crippen molar-refractivity contribution in [2.45, 2.75) is 32.7 Å². The first-order valence-corrected chi connectivity index (χ1v) is 9.81. The first kappa shape index (κ1) is 20.0. The van der Waals surface area contributed by atoms with E-state index >= 15 is 0 Å². The zero-order chi connectivity index (χ0) is 19.9. The van der Waals surface area contributed by atoms with Gasteiger partial charge in [0.05, 0.1) is 12.1 Å². The fourth-order valence-electron chi connectivity index (χ4n) is 3.07. The summed E-state index contributed by atoms with van der Waals surface area (Å²) in [5.74, 6) is -0.261. The summed E-state index contributed by atoms with van der Waals surface area (Å²) in [6, 6.07) is 17.9. The Balaban J connectivity index is 1.94. The van der Waals surface area contributed by atoms with E-state index in [4.69, 9.17) is 11.6 Å². The number of hydrogen-bond acceptors (Lipinski definition) is 3. The number of nitrogens with one attached hydrogen (secondary N) is 1. The van der Waals surface area contributed by atoms with E-state index in [9.17, 15) is 9.90 Å². The maximum Gasteiger partial charge on any atom is 0.309 e. The fourth-order valence-corrected chi connectivity index (χ4v) is 3.32. The topological polar surface area (TPSA) is 67.2 Å². The minimum absolute atomic E-state index is 0.171. The molecule has 1 heterocycles. The molecule has 5 nitrogen and oxygen atoms in total. The largest absolute Gasteiger partial charge is 0.481 e. The van der Waals surface area contributed by atoms with E-state index in [0.717, 1.165) is 36.2 Å². The molecule has 0 atom stereocenters. The van der Waals surface area contributed by atoms with Crippen LogP contribution < -0.4 is 5.32 Å². The van der Waals surface area contributed by atoms with Crippen LogP contribution >= 0.6 is 11.6 Å². The van der Waals surface area contributed by atoms with Gasteiger partial charge in [-0.05, 0) is 36.2 Å². The van der Waals surface area contributed by atoms with E-state index in [1.165, 1.54) is 0 Å². The molecule has 3 aromatic rings. The molecule has 0 unspecified atom stereocenters. The molecule has 0 radical (unpaired) electrons. The number of halogens is 1. The van der Waals surface area contributed by atoms with Gasteiger partial charge >= 0.3 is 5.97 Å². The Morgan fingerprint density at radius 3 is 2.50 bits per heavy atom. The van der Waals surface area contributed by atoms with Crippen molar-refractivity contribution in [3.05, 3.63) is 71.0 Å². The zero-order valence-corrected chi connectivity index (χ0v) is 16.6. The number of carboxylic acids is 1. The number of nitrogens with zero attached hydrogens (tertiary/aromatic N) is 2. The molecule has 0 saturated carbocycles. The summed E-state index contributed by atoms with van der Waals surface area (Å²) >= 11 is 6.32. The molecule has 146 valence electrons. The third kappa shape index (κ3) is 4.93. The van der Waals surface area contributed by atoms with E-state index in [0.29, 0.717) is 18.1 Å². The van der Waals surface area contributed by atoms with Crippen LogP contribution in [-0.4, -0.2) is 27.2 Å². The normalized spacial score (nSPS) is 10.8. The number of hydrogen-bond donors (Lipinski definition) is 2. The van der Waals surface area contributed by atoms with Crippen LogP contribution in [0.15, 0.2) is 54.6 Å². The van der Waals surface area contributed by atoms with Crippen molar-refractivity contribution in [2.75, 3.05) is 11.9 Å². The average Bonchev–Trinajstić information content (AvgIpc) is 2.99. The molecule has 0 spiro atoms. The minimum atomic E-state index is -0.932.